The van der Waals surface area contributed by atoms with Crippen LogP contribution in [0.1, 0.15) is 48.0 Å². The summed E-state index contributed by atoms with van der Waals surface area (Å²) in [5.74, 6) is -1.45. The molecule has 0 saturated heterocycles. The van der Waals surface area contributed by atoms with Gasteiger partial charge in [-0.15, -0.1) is 0 Å². The smallest absolute Gasteiger partial charge is 0.413 e. The number of amides is 2. The van der Waals surface area contributed by atoms with Gasteiger partial charge in [0.1, 0.15) is 36.0 Å². The molecule has 0 aliphatic heterocycles. The zero-order valence-electron chi connectivity index (χ0n) is 24.3. The van der Waals surface area contributed by atoms with Gasteiger partial charge in [0.2, 0.25) is 0 Å². The highest BCUT2D eigenvalue weighted by molar-refractivity contribution is 5.89. The van der Waals surface area contributed by atoms with Gasteiger partial charge in [-0.1, -0.05) is 12.7 Å². The first-order chi connectivity index (χ1) is 19.1. The number of ether oxygens (including phenoxy) is 4. The zero-order chi connectivity index (χ0) is 30.8. The van der Waals surface area contributed by atoms with E-state index in [1.807, 2.05) is 0 Å². The van der Waals surface area contributed by atoms with E-state index in [-0.39, 0.29) is 29.3 Å². The number of halogens is 1. The van der Waals surface area contributed by atoms with Gasteiger partial charge in [-0.2, -0.15) is 5.10 Å². The van der Waals surface area contributed by atoms with E-state index in [0.29, 0.717) is 19.5 Å². The summed E-state index contributed by atoms with van der Waals surface area (Å²) in [4.78, 5) is 36.0. The van der Waals surface area contributed by atoms with E-state index < -0.39 is 47.9 Å². The van der Waals surface area contributed by atoms with Crippen LogP contribution in [0.25, 0.3) is 11.1 Å². The Kier molecular flexibility index (Phi) is 11.7. The van der Waals surface area contributed by atoms with E-state index in [9.17, 15) is 19.5 Å². The van der Waals surface area contributed by atoms with Crippen molar-refractivity contribution in [3.8, 4) is 16.9 Å². The van der Waals surface area contributed by atoms with Gasteiger partial charge in [0.25, 0.3) is 0 Å². The van der Waals surface area contributed by atoms with Gasteiger partial charge in [-0.3, -0.25) is 10.00 Å². The number of benzene rings is 1. The lowest BCUT2D eigenvalue weighted by molar-refractivity contribution is -0.166. The molecule has 2 aromatic rings. The number of anilines is 1. The summed E-state index contributed by atoms with van der Waals surface area (Å²) in [6.07, 6.45) is 0.498. The van der Waals surface area contributed by atoms with Crippen LogP contribution < -0.4 is 15.4 Å². The number of alkyl carbamates (subject to hydrolysis) is 1. The van der Waals surface area contributed by atoms with Crippen molar-refractivity contribution in [2.45, 2.75) is 71.8 Å². The van der Waals surface area contributed by atoms with Gasteiger partial charge in [-0.25, -0.2) is 18.8 Å². The number of esters is 1. The number of aryl methyl sites for hydroxylation is 1. The average Bonchev–Trinajstić information content (AvgIpc) is 3.23. The second-order valence-corrected chi connectivity index (χ2v) is 11.0. The summed E-state index contributed by atoms with van der Waals surface area (Å²) < 4.78 is 37.3. The molecule has 0 unspecified atom stereocenters. The van der Waals surface area contributed by atoms with Crippen molar-refractivity contribution in [1.82, 2.24) is 15.1 Å². The van der Waals surface area contributed by atoms with Crippen LogP contribution in [-0.4, -0.2) is 70.1 Å². The van der Waals surface area contributed by atoms with E-state index in [1.54, 1.807) is 47.7 Å². The fourth-order valence-corrected chi connectivity index (χ4v) is 3.26. The minimum atomic E-state index is -1.56. The first kappa shape index (κ1) is 33.1. The predicted octanol–water partition coefficient (Wildman–Crippen LogP) is 4.42. The molecule has 226 valence electrons. The molecule has 1 atom stereocenters. The number of nitrogens with one attached hydrogen (secondary N) is 2. The van der Waals surface area contributed by atoms with Crippen molar-refractivity contribution in [3.05, 3.63) is 42.9 Å². The molecule has 41 heavy (non-hydrogen) atoms. The second-order valence-electron chi connectivity index (χ2n) is 11.0. The van der Waals surface area contributed by atoms with Crippen LogP contribution in [0.3, 0.4) is 0 Å². The number of aliphatic hydroxyl groups excluding tert-OH is 1. The van der Waals surface area contributed by atoms with E-state index >= 15 is 4.39 Å². The molecular weight excluding hydrogens is 539 g/mol. The first-order valence-corrected chi connectivity index (χ1v) is 13.0. The van der Waals surface area contributed by atoms with Crippen LogP contribution in [0.5, 0.6) is 5.75 Å². The number of carbonyl (C=O) groups is 3. The number of aliphatic hydroxyl groups is 1. The Bertz CT molecular complexity index is 1220. The van der Waals surface area contributed by atoms with E-state index in [1.165, 1.54) is 22.9 Å². The molecule has 0 fully saturated rings. The van der Waals surface area contributed by atoms with Crippen molar-refractivity contribution < 1.29 is 42.8 Å². The molecule has 2 amide bonds. The predicted molar refractivity (Wildman–Crippen MR) is 149 cm³/mol. The lowest BCUT2D eigenvalue weighted by Gasteiger charge is -2.21. The van der Waals surface area contributed by atoms with E-state index in [0.717, 1.165) is 6.07 Å². The quantitative estimate of drug-likeness (QED) is 0.144. The Morgan fingerprint density at radius 2 is 1.78 bits per heavy atom. The third-order valence-electron chi connectivity index (χ3n) is 4.86. The molecule has 1 heterocycles. The lowest BCUT2D eigenvalue weighted by atomic mass is 10.1. The van der Waals surface area contributed by atoms with Crippen molar-refractivity contribution in [3.63, 3.8) is 0 Å². The minimum absolute atomic E-state index is 0.0340. The van der Waals surface area contributed by atoms with Gasteiger partial charge in [0.05, 0.1) is 0 Å². The Labute approximate surface area is 238 Å². The first-order valence-electron chi connectivity index (χ1n) is 13.0. The number of hydrogen-bond donors (Lipinski definition) is 3. The van der Waals surface area contributed by atoms with Crippen LogP contribution in [0, 0.1) is 5.82 Å². The number of carbonyl (C=O) groups excluding carboxylic acids is 3. The number of aromatic nitrogens is 2. The fraction of sp³-hybridized carbons (Fsp3) is 0.500. The highest BCUT2D eigenvalue weighted by Crippen LogP contribution is 2.32. The summed E-state index contributed by atoms with van der Waals surface area (Å²) >= 11 is 0. The van der Waals surface area contributed by atoms with Crippen LogP contribution in [-0.2, 0) is 25.5 Å². The maximum Gasteiger partial charge on any atom is 0.413 e. The molecule has 3 N–H and O–H groups in total. The maximum atomic E-state index is 15.2. The maximum absolute atomic E-state index is 15.2. The van der Waals surface area contributed by atoms with Crippen molar-refractivity contribution in [2.75, 3.05) is 25.1 Å². The Morgan fingerprint density at radius 3 is 2.39 bits per heavy atom. The molecule has 0 aliphatic carbocycles. The molecule has 0 aliphatic rings. The number of rotatable bonds is 12. The van der Waals surface area contributed by atoms with Crippen LogP contribution in [0.4, 0.5) is 19.8 Å². The van der Waals surface area contributed by atoms with Crippen molar-refractivity contribution in [2.24, 2.45) is 0 Å². The summed E-state index contributed by atoms with van der Waals surface area (Å²) in [5, 5.41) is 19.5. The Balaban J connectivity index is 2.14. The highest BCUT2D eigenvalue weighted by atomic mass is 19.1. The topological polar surface area (TPSA) is 150 Å². The standard InChI is InChI=1S/C28H39FN4O8/c1-8-14-38-26(37)31-23-20(16-33(32-23)13-9-12-30-25(36)41-28(5,6)7)19-11-10-18(15-21(19)29)39-17-22(34)24(35)40-27(2,3)4/h8,10-11,15-16,22,34H,1,9,12-14,17H2,2-7H3,(H,30,36)(H,31,32,37)/t22-/m1/s1. The molecular formula is C28H39FN4O8. The molecule has 0 radical (unpaired) electrons. The molecule has 12 nitrogen and oxygen atoms in total. The monoisotopic (exact) mass is 578 g/mol. The molecule has 0 bridgehead atoms. The lowest BCUT2D eigenvalue weighted by Crippen LogP contribution is -2.35. The average molecular weight is 579 g/mol. The molecule has 1 aromatic carbocycles. The van der Waals surface area contributed by atoms with Gasteiger partial charge in [0.15, 0.2) is 11.9 Å². The van der Waals surface area contributed by atoms with Crippen molar-refractivity contribution in [1.29, 1.82) is 0 Å². The van der Waals surface area contributed by atoms with Gasteiger partial charge >= 0.3 is 18.2 Å². The summed E-state index contributed by atoms with van der Waals surface area (Å²) in [5.41, 5.74) is -1.04. The molecule has 13 heteroatoms. The fourth-order valence-electron chi connectivity index (χ4n) is 3.26. The Morgan fingerprint density at radius 1 is 1.10 bits per heavy atom. The highest BCUT2D eigenvalue weighted by Gasteiger charge is 2.24. The molecule has 2 rings (SSSR count). The SMILES string of the molecule is C=CCOC(=O)Nc1nn(CCCNC(=O)OC(C)(C)C)cc1-c1ccc(OC[C@@H](O)C(=O)OC(C)(C)C)cc1F. The van der Waals surface area contributed by atoms with Crippen LogP contribution in [0.2, 0.25) is 0 Å². The third kappa shape index (κ3) is 11.9. The number of hydrogen-bond acceptors (Lipinski definition) is 9. The normalized spacial score (nSPS) is 12.2. The molecule has 0 saturated carbocycles. The van der Waals surface area contributed by atoms with Crippen LogP contribution >= 0.6 is 0 Å². The summed E-state index contributed by atoms with van der Waals surface area (Å²) in [7, 11) is 0. The van der Waals surface area contributed by atoms with E-state index in [2.05, 4.69) is 22.3 Å². The van der Waals surface area contributed by atoms with E-state index in [4.69, 9.17) is 18.9 Å². The van der Waals surface area contributed by atoms with Crippen molar-refractivity contribution >= 4 is 24.0 Å². The Hall–Kier alpha value is -4.13. The molecule has 1 aromatic heterocycles. The summed E-state index contributed by atoms with van der Waals surface area (Å²) in [6, 6.07) is 3.94. The zero-order valence-corrected chi connectivity index (χ0v) is 24.3. The van der Waals surface area contributed by atoms with Crippen LogP contribution in [0.15, 0.2) is 37.1 Å². The van der Waals surface area contributed by atoms with Gasteiger partial charge in [0, 0.05) is 36.5 Å². The minimum Gasteiger partial charge on any atom is -0.490 e. The largest absolute Gasteiger partial charge is 0.490 e. The number of nitrogens with zero attached hydrogens (tertiary/aromatic N) is 2. The third-order valence-corrected chi connectivity index (χ3v) is 4.86. The summed E-state index contributed by atoms with van der Waals surface area (Å²) in [6.45, 7) is 13.9. The second kappa shape index (κ2) is 14.5. The molecule has 0 spiro atoms. The van der Waals surface area contributed by atoms with Gasteiger partial charge in [-0.05, 0) is 60.1 Å². The van der Waals surface area contributed by atoms with Gasteiger partial charge < -0.3 is 29.4 Å².